The monoisotopic (exact) mass is 437 g/mol. The number of benzene rings is 1. The second-order valence-electron chi connectivity index (χ2n) is 7.59. The van der Waals surface area contributed by atoms with Gasteiger partial charge in [0, 0.05) is 50.5 Å². The summed E-state index contributed by atoms with van der Waals surface area (Å²) in [5.74, 6) is -0.995. The quantitative estimate of drug-likeness (QED) is 0.619. The zero-order chi connectivity index (χ0) is 22.2. The first-order chi connectivity index (χ1) is 14.7. The molecule has 1 N–H and O–H groups in total. The molecule has 3 aromatic rings. The first-order valence-corrected chi connectivity index (χ1v) is 10.0. The van der Waals surface area contributed by atoms with Crippen LogP contribution in [0.25, 0.3) is 5.65 Å². The minimum absolute atomic E-state index is 0.104. The molecule has 1 saturated heterocycles. The first kappa shape index (κ1) is 21.3. The van der Waals surface area contributed by atoms with E-state index in [1.807, 2.05) is 0 Å². The van der Waals surface area contributed by atoms with Crippen molar-refractivity contribution in [3.63, 3.8) is 0 Å². The Labute approximate surface area is 176 Å². The molecule has 1 aliphatic rings. The molecule has 0 spiro atoms. The Morgan fingerprint density at radius 3 is 2.29 bits per heavy atom. The Bertz CT molecular complexity index is 1050. The van der Waals surface area contributed by atoms with Crippen LogP contribution >= 0.6 is 0 Å². The molecule has 0 radical (unpaired) electrons. The Hall–Kier alpha value is -2.95. The molecule has 3 heterocycles. The van der Waals surface area contributed by atoms with Crippen LogP contribution in [0, 0.1) is 19.7 Å². The fraction of sp³-hybridized carbons (Fsp3) is 0.450. The fourth-order valence-corrected chi connectivity index (χ4v) is 3.69. The highest BCUT2D eigenvalue weighted by atomic mass is 19.4. The van der Waals surface area contributed by atoms with Crippen LogP contribution in [0.4, 0.5) is 29.1 Å². The lowest BCUT2D eigenvalue weighted by molar-refractivity contribution is -0.146. The number of halogens is 4. The van der Waals surface area contributed by atoms with Gasteiger partial charge in [-0.05, 0) is 43.7 Å². The van der Waals surface area contributed by atoms with Crippen LogP contribution in [0.3, 0.4) is 0 Å². The SMILES string of the molecule is Cc1c(NCCN2CCN(c3ccc(F)cc3)CC2)nn2c(C(F)(F)F)nnc2c1C. The molecular formula is C20H23F4N7. The molecule has 0 saturated carbocycles. The maximum Gasteiger partial charge on any atom is 0.453 e. The standard InChI is InChI=1S/C20H23F4N7/c1-13-14(2)18-26-27-19(20(22,23)24)31(18)28-17(13)25-7-8-29-9-11-30(12-10-29)16-5-3-15(21)4-6-16/h3-6H,7-12H2,1-2H3,(H,25,28). The maximum atomic E-state index is 13.2. The number of nitrogens with one attached hydrogen (secondary N) is 1. The lowest BCUT2D eigenvalue weighted by Gasteiger charge is -2.36. The summed E-state index contributed by atoms with van der Waals surface area (Å²) in [4.78, 5) is 4.48. The van der Waals surface area contributed by atoms with Gasteiger partial charge in [0.05, 0.1) is 0 Å². The van der Waals surface area contributed by atoms with Gasteiger partial charge in [0.25, 0.3) is 5.82 Å². The Morgan fingerprint density at radius 1 is 0.968 bits per heavy atom. The Kier molecular flexibility index (Phi) is 5.69. The number of aryl methyl sites for hydroxylation is 1. The number of hydrogen-bond donors (Lipinski definition) is 1. The summed E-state index contributed by atoms with van der Waals surface area (Å²) in [6, 6.07) is 6.47. The minimum Gasteiger partial charge on any atom is -0.369 e. The van der Waals surface area contributed by atoms with E-state index in [1.165, 1.54) is 12.1 Å². The van der Waals surface area contributed by atoms with Crippen molar-refractivity contribution in [2.45, 2.75) is 20.0 Å². The summed E-state index contributed by atoms with van der Waals surface area (Å²) < 4.78 is 53.4. The molecule has 4 rings (SSSR count). The van der Waals surface area contributed by atoms with Crippen molar-refractivity contribution in [3.05, 3.63) is 47.0 Å². The van der Waals surface area contributed by atoms with Gasteiger partial charge >= 0.3 is 6.18 Å². The van der Waals surface area contributed by atoms with Crippen molar-refractivity contribution in [1.82, 2.24) is 24.7 Å². The van der Waals surface area contributed by atoms with Crippen LogP contribution in [0.1, 0.15) is 17.0 Å². The van der Waals surface area contributed by atoms with E-state index in [4.69, 9.17) is 0 Å². The molecule has 0 amide bonds. The molecule has 31 heavy (non-hydrogen) atoms. The van der Waals surface area contributed by atoms with Crippen molar-refractivity contribution in [2.24, 2.45) is 0 Å². The molecule has 7 nitrogen and oxygen atoms in total. The van der Waals surface area contributed by atoms with Crippen LogP contribution in [-0.2, 0) is 6.18 Å². The lowest BCUT2D eigenvalue weighted by atomic mass is 10.2. The molecular weight excluding hydrogens is 414 g/mol. The van der Waals surface area contributed by atoms with Crippen LogP contribution in [0.5, 0.6) is 0 Å². The van der Waals surface area contributed by atoms with E-state index in [2.05, 4.69) is 30.4 Å². The second kappa shape index (κ2) is 8.29. The number of anilines is 2. The Balaban J connectivity index is 1.37. The molecule has 166 valence electrons. The third-order valence-corrected chi connectivity index (χ3v) is 5.63. The van der Waals surface area contributed by atoms with E-state index in [-0.39, 0.29) is 11.5 Å². The van der Waals surface area contributed by atoms with Crippen molar-refractivity contribution < 1.29 is 17.6 Å². The Morgan fingerprint density at radius 2 is 1.65 bits per heavy atom. The topological polar surface area (TPSA) is 61.6 Å². The van der Waals surface area contributed by atoms with E-state index in [0.29, 0.717) is 17.9 Å². The predicted molar refractivity (Wildman–Crippen MR) is 109 cm³/mol. The molecule has 0 atom stereocenters. The summed E-state index contributed by atoms with van der Waals surface area (Å²) in [5, 5.41) is 14.2. The summed E-state index contributed by atoms with van der Waals surface area (Å²) in [6.45, 7) is 8.10. The third-order valence-electron chi connectivity index (χ3n) is 5.63. The predicted octanol–water partition coefficient (Wildman–Crippen LogP) is 3.13. The number of alkyl halides is 3. The lowest BCUT2D eigenvalue weighted by Crippen LogP contribution is -2.47. The van der Waals surface area contributed by atoms with Crippen molar-refractivity contribution in [3.8, 4) is 0 Å². The number of piperazine rings is 1. The largest absolute Gasteiger partial charge is 0.453 e. The number of rotatable bonds is 5. The summed E-state index contributed by atoms with van der Waals surface area (Å²) in [5.41, 5.74) is 2.45. The smallest absolute Gasteiger partial charge is 0.369 e. The van der Waals surface area contributed by atoms with Gasteiger partial charge in [-0.15, -0.1) is 15.3 Å². The molecule has 0 bridgehead atoms. The number of fused-ring (bicyclic) bond motifs is 1. The molecule has 2 aromatic heterocycles. The zero-order valence-corrected chi connectivity index (χ0v) is 17.2. The highest BCUT2D eigenvalue weighted by Gasteiger charge is 2.38. The van der Waals surface area contributed by atoms with Crippen LogP contribution in [0.15, 0.2) is 24.3 Å². The molecule has 1 aliphatic heterocycles. The van der Waals surface area contributed by atoms with E-state index in [0.717, 1.165) is 48.5 Å². The number of hydrogen-bond acceptors (Lipinski definition) is 6. The maximum absolute atomic E-state index is 13.2. The van der Waals surface area contributed by atoms with Crippen LogP contribution < -0.4 is 10.2 Å². The van der Waals surface area contributed by atoms with Gasteiger partial charge in [0.15, 0.2) is 5.65 Å². The summed E-state index contributed by atoms with van der Waals surface area (Å²) >= 11 is 0. The molecule has 1 aromatic carbocycles. The molecule has 1 fully saturated rings. The first-order valence-electron chi connectivity index (χ1n) is 10.0. The van der Waals surface area contributed by atoms with Gasteiger partial charge in [-0.3, -0.25) is 4.90 Å². The average Bonchev–Trinajstić information content (AvgIpc) is 3.17. The molecule has 0 aliphatic carbocycles. The van der Waals surface area contributed by atoms with E-state index in [9.17, 15) is 17.6 Å². The highest BCUT2D eigenvalue weighted by Crippen LogP contribution is 2.29. The molecule has 0 unspecified atom stereocenters. The van der Waals surface area contributed by atoms with Crippen molar-refractivity contribution in [2.75, 3.05) is 49.5 Å². The van der Waals surface area contributed by atoms with E-state index >= 15 is 0 Å². The summed E-state index contributed by atoms with van der Waals surface area (Å²) in [6.07, 6.45) is -4.63. The normalized spacial score (nSPS) is 15.6. The van der Waals surface area contributed by atoms with Gasteiger partial charge in [0.2, 0.25) is 0 Å². The number of aromatic nitrogens is 4. The van der Waals surface area contributed by atoms with Gasteiger partial charge < -0.3 is 10.2 Å². The average molecular weight is 437 g/mol. The molecule has 11 heteroatoms. The second-order valence-corrected chi connectivity index (χ2v) is 7.59. The van der Waals surface area contributed by atoms with Gasteiger partial charge in [-0.2, -0.15) is 17.7 Å². The third kappa shape index (κ3) is 4.41. The van der Waals surface area contributed by atoms with Crippen molar-refractivity contribution in [1.29, 1.82) is 0 Å². The van der Waals surface area contributed by atoms with Gasteiger partial charge in [0.1, 0.15) is 11.6 Å². The van der Waals surface area contributed by atoms with E-state index < -0.39 is 12.0 Å². The van der Waals surface area contributed by atoms with Crippen molar-refractivity contribution >= 4 is 17.2 Å². The number of nitrogens with zero attached hydrogens (tertiary/aromatic N) is 6. The van der Waals surface area contributed by atoms with E-state index in [1.54, 1.807) is 26.0 Å². The summed E-state index contributed by atoms with van der Waals surface area (Å²) in [7, 11) is 0. The van der Waals surface area contributed by atoms with Crippen LogP contribution in [0.2, 0.25) is 0 Å². The minimum atomic E-state index is -4.63. The van der Waals surface area contributed by atoms with Gasteiger partial charge in [-0.25, -0.2) is 4.39 Å². The highest BCUT2D eigenvalue weighted by molar-refractivity contribution is 5.58. The zero-order valence-electron chi connectivity index (χ0n) is 17.2. The fourth-order valence-electron chi connectivity index (χ4n) is 3.69. The van der Waals surface area contributed by atoms with Gasteiger partial charge in [-0.1, -0.05) is 0 Å². The van der Waals surface area contributed by atoms with Crippen LogP contribution in [-0.4, -0.2) is 64.0 Å².